The van der Waals surface area contributed by atoms with E-state index in [1.807, 2.05) is 0 Å². The minimum Gasteiger partial charge on any atom is -0.466 e. The zero-order chi connectivity index (χ0) is 20.5. The molecular weight excluding hydrogens is 360 g/mol. The molecule has 0 aliphatic heterocycles. The van der Waals surface area contributed by atoms with Crippen molar-refractivity contribution in [2.24, 2.45) is 0 Å². The molecule has 0 unspecified atom stereocenters. The van der Waals surface area contributed by atoms with E-state index in [9.17, 15) is 19.2 Å². The molecule has 0 aliphatic carbocycles. The maximum atomic E-state index is 12.8. The maximum absolute atomic E-state index is 12.8. The van der Waals surface area contributed by atoms with Crippen LogP contribution in [-0.2, 0) is 19.1 Å². The molecule has 0 saturated carbocycles. The molecule has 2 rings (SSSR count). The predicted octanol–water partition coefficient (Wildman–Crippen LogP) is 3.12. The smallest absolute Gasteiger partial charge is 0.330 e. The number of rotatable bonds is 7. The van der Waals surface area contributed by atoms with E-state index in [0.717, 1.165) is 0 Å². The number of esters is 2. The molecule has 28 heavy (non-hydrogen) atoms. The molecule has 0 heterocycles. The van der Waals surface area contributed by atoms with Gasteiger partial charge in [-0.25, -0.2) is 9.59 Å². The fourth-order valence-electron chi connectivity index (χ4n) is 2.39. The molecule has 142 valence electrons. The number of ether oxygens (including phenoxy) is 2. The van der Waals surface area contributed by atoms with Crippen LogP contribution >= 0.6 is 0 Å². The summed E-state index contributed by atoms with van der Waals surface area (Å²) in [5.74, 6) is -2.62. The molecule has 2 aromatic carbocycles. The summed E-state index contributed by atoms with van der Waals surface area (Å²) in [4.78, 5) is 48.2. The number of methoxy groups -OCH3 is 2. The van der Waals surface area contributed by atoms with Crippen LogP contribution in [0, 0.1) is 0 Å². The first-order chi connectivity index (χ1) is 13.5. The van der Waals surface area contributed by atoms with E-state index in [-0.39, 0.29) is 11.1 Å². The Hall–Kier alpha value is -3.80. The third-order valence-electron chi connectivity index (χ3n) is 3.82. The number of benzene rings is 2. The highest BCUT2D eigenvalue weighted by Gasteiger charge is 2.22. The first-order valence-corrected chi connectivity index (χ1v) is 8.27. The zero-order valence-electron chi connectivity index (χ0n) is 15.4. The monoisotopic (exact) mass is 378 g/mol. The first kappa shape index (κ1) is 20.5. The van der Waals surface area contributed by atoms with Crippen LogP contribution in [0.5, 0.6) is 0 Å². The highest BCUT2D eigenvalue weighted by atomic mass is 16.5. The molecule has 0 N–H and O–H groups in total. The number of hydrogen-bond acceptors (Lipinski definition) is 6. The minimum atomic E-state index is -0.732. The lowest BCUT2D eigenvalue weighted by molar-refractivity contribution is -0.135. The Kier molecular flexibility index (Phi) is 7.16. The quantitative estimate of drug-likeness (QED) is 0.318. The molecule has 2 aromatic rings. The SMILES string of the molecule is COC(=O)/C=C/c1ccccc1C(=O)C(=O)c1ccccc1/C=C/C(=O)OC. The summed E-state index contributed by atoms with van der Waals surface area (Å²) < 4.78 is 9.07. The average molecular weight is 378 g/mol. The highest BCUT2D eigenvalue weighted by molar-refractivity contribution is 6.50. The molecule has 0 aliphatic rings. The number of carbonyl (C=O) groups is 4. The molecule has 0 bridgehead atoms. The lowest BCUT2D eigenvalue weighted by Gasteiger charge is -2.07. The fraction of sp³-hybridized carbons (Fsp3) is 0.0909. The van der Waals surface area contributed by atoms with Gasteiger partial charge < -0.3 is 9.47 Å². The van der Waals surface area contributed by atoms with Crippen LogP contribution in [0.2, 0.25) is 0 Å². The van der Waals surface area contributed by atoms with Crippen LogP contribution in [0.25, 0.3) is 12.2 Å². The van der Waals surface area contributed by atoms with Crippen LogP contribution in [0.4, 0.5) is 0 Å². The number of Topliss-reactive ketones (excluding diaryl/α,β-unsaturated/α-hetero) is 2. The lowest BCUT2D eigenvalue weighted by Crippen LogP contribution is -2.16. The van der Waals surface area contributed by atoms with Crippen molar-refractivity contribution in [2.75, 3.05) is 14.2 Å². The van der Waals surface area contributed by atoms with Crippen molar-refractivity contribution in [3.05, 3.63) is 82.9 Å². The third kappa shape index (κ3) is 5.11. The van der Waals surface area contributed by atoms with Gasteiger partial charge in [0.2, 0.25) is 11.6 Å². The summed E-state index contributed by atoms with van der Waals surface area (Å²) >= 11 is 0. The third-order valence-corrected chi connectivity index (χ3v) is 3.82. The van der Waals surface area contributed by atoms with Gasteiger partial charge in [-0.2, -0.15) is 0 Å². The minimum absolute atomic E-state index is 0.152. The predicted molar refractivity (Wildman–Crippen MR) is 104 cm³/mol. The van der Waals surface area contributed by atoms with Crippen LogP contribution in [0.3, 0.4) is 0 Å². The lowest BCUT2D eigenvalue weighted by atomic mass is 9.94. The fourth-order valence-corrected chi connectivity index (χ4v) is 2.39. The van der Waals surface area contributed by atoms with E-state index in [2.05, 4.69) is 9.47 Å². The van der Waals surface area contributed by atoms with E-state index in [1.165, 1.54) is 50.7 Å². The summed E-state index contributed by atoms with van der Waals surface area (Å²) in [5.41, 5.74) is 1.13. The van der Waals surface area contributed by atoms with Gasteiger partial charge in [0.15, 0.2) is 0 Å². The van der Waals surface area contributed by atoms with Crippen LogP contribution in [0.1, 0.15) is 31.8 Å². The molecule has 6 nitrogen and oxygen atoms in total. The standard InChI is InChI=1S/C22H18O6/c1-27-19(23)13-11-15-7-3-5-9-17(15)21(25)22(26)18-10-6-4-8-16(18)12-14-20(24)28-2/h3-14H,1-2H3/b13-11+,14-12+. The van der Waals surface area contributed by atoms with Gasteiger partial charge in [0.25, 0.3) is 0 Å². The largest absolute Gasteiger partial charge is 0.466 e. The van der Waals surface area contributed by atoms with E-state index in [4.69, 9.17) is 0 Å². The molecule has 6 heteroatoms. The van der Waals surface area contributed by atoms with Crippen molar-refractivity contribution < 1.29 is 28.7 Å². The Labute approximate surface area is 162 Å². The van der Waals surface area contributed by atoms with Gasteiger partial charge in [-0.05, 0) is 23.3 Å². The zero-order valence-corrected chi connectivity index (χ0v) is 15.4. The molecular formula is C22H18O6. The van der Waals surface area contributed by atoms with E-state index in [0.29, 0.717) is 11.1 Å². The summed E-state index contributed by atoms with van der Waals surface area (Å²) in [7, 11) is 2.48. The second kappa shape index (κ2) is 9.78. The Balaban J connectivity index is 2.38. The van der Waals surface area contributed by atoms with E-state index >= 15 is 0 Å². The maximum Gasteiger partial charge on any atom is 0.330 e. The van der Waals surface area contributed by atoms with E-state index in [1.54, 1.807) is 36.4 Å². The first-order valence-electron chi connectivity index (χ1n) is 8.27. The van der Waals surface area contributed by atoms with Crippen molar-refractivity contribution in [2.45, 2.75) is 0 Å². The summed E-state index contributed by atoms with van der Waals surface area (Å²) in [6.07, 6.45) is 5.16. The molecule has 0 amide bonds. The van der Waals surface area contributed by atoms with Gasteiger partial charge >= 0.3 is 11.9 Å². The van der Waals surface area contributed by atoms with Crippen molar-refractivity contribution in [1.29, 1.82) is 0 Å². The number of carbonyl (C=O) groups excluding carboxylic acids is 4. The Morgan fingerprint density at radius 3 is 1.36 bits per heavy atom. The second-order valence-electron chi connectivity index (χ2n) is 5.55. The van der Waals surface area contributed by atoms with Crippen molar-refractivity contribution in [1.82, 2.24) is 0 Å². The molecule has 0 atom stereocenters. The van der Waals surface area contributed by atoms with Crippen molar-refractivity contribution >= 4 is 35.7 Å². The Morgan fingerprint density at radius 1 is 0.643 bits per heavy atom. The van der Waals surface area contributed by atoms with Gasteiger partial charge in [-0.3, -0.25) is 9.59 Å². The summed E-state index contributed by atoms with van der Waals surface area (Å²) in [6, 6.07) is 12.9. The van der Waals surface area contributed by atoms with Crippen molar-refractivity contribution in [3.8, 4) is 0 Å². The Bertz CT molecular complexity index is 889. The van der Waals surface area contributed by atoms with Crippen molar-refractivity contribution in [3.63, 3.8) is 0 Å². The van der Waals surface area contributed by atoms with Gasteiger partial charge in [-0.15, -0.1) is 0 Å². The average Bonchev–Trinajstić information content (AvgIpc) is 2.75. The topological polar surface area (TPSA) is 86.7 Å². The van der Waals surface area contributed by atoms with Gasteiger partial charge in [0.1, 0.15) is 0 Å². The second-order valence-corrected chi connectivity index (χ2v) is 5.55. The summed E-state index contributed by atoms with van der Waals surface area (Å²) in [5, 5.41) is 0. The van der Waals surface area contributed by atoms with Crippen LogP contribution in [0.15, 0.2) is 60.7 Å². The van der Waals surface area contributed by atoms with Crippen LogP contribution in [-0.4, -0.2) is 37.7 Å². The van der Waals surface area contributed by atoms with Gasteiger partial charge in [0.05, 0.1) is 14.2 Å². The Morgan fingerprint density at radius 2 is 1.00 bits per heavy atom. The molecule has 0 fully saturated rings. The number of ketones is 2. The molecule has 0 spiro atoms. The van der Waals surface area contributed by atoms with E-state index < -0.39 is 23.5 Å². The van der Waals surface area contributed by atoms with Crippen LogP contribution < -0.4 is 0 Å². The summed E-state index contributed by atoms with van der Waals surface area (Å²) in [6.45, 7) is 0. The number of hydrogen-bond donors (Lipinski definition) is 0. The molecule has 0 saturated heterocycles. The normalized spacial score (nSPS) is 10.8. The van der Waals surface area contributed by atoms with Gasteiger partial charge in [0, 0.05) is 23.3 Å². The molecule has 0 aromatic heterocycles. The van der Waals surface area contributed by atoms with Gasteiger partial charge in [-0.1, -0.05) is 48.5 Å². The highest BCUT2D eigenvalue weighted by Crippen LogP contribution is 2.18. The molecule has 0 radical (unpaired) electrons.